The molecular formula is C21H24N2O4. The minimum Gasteiger partial charge on any atom is -0.504 e. The highest BCUT2D eigenvalue weighted by atomic mass is 16.5. The van der Waals surface area contributed by atoms with E-state index in [9.17, 15) is 10.0 Å². The van der Waals surface area contributed by atoms with Gasteiger partial charge in [-0.3, -0.25) is 4.90 Å². The topological polar surface area (TPSA) is 71.4 Å². The molecule has 2 aromatic carbocycles. The van der Waals surface area contributed by atoms with E-state index < -0.39 is 5.54 Å². The molecule has 0 saturated heterocycles. The quantitative estimate of drug-likeness (QED) is 0.618. The van der Waals surface area contributed by atoms with Crippen molar-refractivity contribution in [3.63, 3.8) is 0 Å². The smallest absolute Gasteiger partial charge is 0.160 e. The van der Waals surface area contributed by atoms with Crippen LogP contribution in [0.4, 0.5) is 5.69 Å². The average Bonchev–Trinajstić information content (AvgIpc) is 2.69. The molecule has 0 fully saturated rings. The van der Waals surface area contributed by atoms with Crippen LogP contribution in [0.3, 0.4) is 0 Å². The third-order valence-corrected chi connectivity index (χ3v) is 5.42. The fourth-order valence-corrected chi connectivity index (χ4v) is 3.87. The van der Waals surface area contributed by atoms with Gasteiger partial charge in [0.1, 0.15) is 11.4 Å². The van der Waals surface area contributed by atoms with Crippen LogP contribution < -0.4 is 9.47 Å². The monoisotopic (exact) mass is 368 g/mol. The van der Waals surface area contributed by atoms with Gasteiger partial charge in [-0.2, -0.15) is 0 Å². The van der Waals surface area contributed by atoms with Crippen LogP contribution in [-0.4, -0.2) is 37.8 Å². The molecule has 0 amide bonds. The molecule has 0 aromatic heterocycles. The summed E-state index contributed by atoms with van der Waals surface area (Å²) in [5, 5.41) is 13.4. The molecule has 1 unspecified atom stereocenters. The zero-order valence-corrected chi connectivity index (χ0v) is 15.9. The Bertz CT molecular complexity index is 881. The number of phenolic OH excluding ortho intramolecular Hbond substituents is 1. The number of nitroso groups, excluding NO2 is 1. The largest absolute Gasteiger partial charge is 0.504 e. The average molecular weight is 368 g/mol. The first-order valence-electron chi connectivity index (χ1n) is 8.74. The van der Waals surface area contributed by atoms with E-state index in [0.717, 1.165) is 29.7 Å². The molecule has 1 aliphatic rings. The predicted molar refractivity (Wildman–Crippen MR) is 105 cm³/mol. The molecule has 142 valence electrons. The van der Waals surface area contributed by atoms with Crippen molar-refractivity contribution >= 4 is 5.69 Å². The molecular weight excluding hydrogens is 344 g/mol. The van der Waals surface area contributed by atoms with Crippen molar-refractivity contribution in [3.05, 3.63) is 64.6 Å². The Labute approximate surface area is 159 Å². The Balaban J connectivity index is 2.11. The molecule has 0 saturated carbocycles. The van der Waals surface area contributed by atoms with Gasteiger partial charge in [0.2, 0.25) is 0 Å². The highest BCUT2D eigenvalue weighted by Crippen LogP contribution is 2.43. The van der Waals surface area contributed by atoms with Crippen molar-refractivity contribution in [3.8, 4) is 17.2 Å². The highest BCUT2D eigenvalue weighted by Gasteiger charge is 2.39. The number of hydrogen-bond acceptors (Lipinski definition) is 6. The molecule has 3 rings (SSSR count). The van der Waals surface area contributed by atoms with Gasteiger partial charge < -0.3 is 14.6 Å². The summed E-state index contributed by atoms with van der Waals surface area (Å²) in [5.74, 6) is 1.01. The fraction of sp³-hybridized carbons (Fsp3) is 0.333. The lowest BCUT2D eigenvalue weighted by Gasteiger charge is -2.45. The number of nitrogens with zero attached hydrogens (tertiary/aromatic N) is 2. The standard InChI is InChI=1S/C21H24N2O4/c1-5-21(13-14-6-7-19(26-3)17(10-14)22-25)16-12-18(24)20(27-4)11-15(16)8-9-23(21)2/h5-7,10-12,24H,1,8-9,13H2,2-4H3. The lowest BCUT2D eigenvalue weighted by molar-refractivity contribution is 0.152. The maximum Gasteiger partial charge on any atom is 0.160 e. The van der Waals surface area contributed by atoms with Gasteiger partial charge in [0.25, 0.3) is 0 Å². The summed E-state index contributed by atoms with van der Waals surface area (Å²) in [7, 11) is 5.09. The molecule has 0 radical (unpaired) electrons. The number of ether oxygens (including phenoxy) is 2. The fourth-order valence-electron chi connectivity index (χ4n) is 3.87. The van der Waals surface area contributed by atoms with Crippen molar-refractivity contribution in [1.82, 2.24) is 4.90 Å². The van der Waals surface area contributed by atoms with Crippen LogP contribution in [-0.2, 0) is 18.4 Å². The van der Waals surface area contributed by atoms with E-state index in [-0.39, 0.29) is 11.4 Å². The second kappa shape index (κ2) is 7.40. The van der Waals surface area contributed by atoms with E-state index in [2.05, 4.69) is 16.7 Å². The molecule has 27 heavy (non-hydrogen) atoms. The van der Waals surface area contributed by atoms with Crippen LogP contribution >= 0.6 is 0 Å². The number of methoxy groups -OCH3 is 2. The van der Waals surface area contributed by atoms with E-state index in [1.54, 1.807) is 25.3 Å². The van der Waals surface area contributed by atoms with Crippen LogP contribution in [0, 0.1) is 4.91 Å². The van der Waals surface area contributed by atoms with Gasteiger partial charge in [-0.05, 0) is 66.0 Å². The lowest BCUT2D eigenvalue weighted by atomic mass is 9.76. The summed E-state index contributed by atoms with van der Waals surface area (Å²) >= 11 is 0. The van der Waals surface area contributed by atoms with Gasteiger partial charge in [0.05, 0.1) is 19.8 Å². The van der Waals surface area contributed by atoms with E-state index >= 15 is 0 Å². The number of phenols is 1. The summed E-state index contributed by atoms with van der Waals surface area (Å²) in [4.78, 5) is 13.4. The lowest BCUT2D eigenvalue weighted by Crippen LogP contribution is -2.48. The predicted octanol–water partition coefficient (Wildman–Crippen LogP) is 3.92. The number of benzene rings is 2. The summed E-state index contributed by atoms with van der Waals surface area (Å²) < 4.78 is 10.4. The summed E-state index contributed by atoms with van der Waals surface area (Å²) in [5.41, 5.74) is 2.78. The normalized spacial score (nSPS) is 19.2. The van der Waals surface area contributed by atoms with Crippen LogP contribution in [0.25, 0.3) is 0 Å². The van der Waals surface area contributed by atoms with Crippen molar-refractivity contribution in [2.75, 3.05) is 27.8 Å². The minimum atomic E-state index is -0.522. The van der Waals surface area contributed by atoms with Gasteiger partial charge >= 0.3 is 0 Å². The summed E-state index contributed by atoms with van der Waals surface area (Å²) in [6.07, 6.45) is 3.33. The summed E-state index contributed by atoms with van der Waals surface area (Å²) in [6.45, 7) is 4.92. The van der Waals surface area contributed by atoms with Crippen molar-refractivity contribution in [2.24, 2.45) is 5.18 Å². The molecule has 1 N–H and O–H groups in total. The third-order valence-electron chi connectivity index (χ3n) is 5.42. The van der Waals surface area contributed by atoms with Crippen molar-refractivity contribution in [2.45, 2.75) is 18.4 Å². The van der Waals surface area contributed by atoms with Gasteiger partial charge in [-0.15, -0.1) is 11.5 Å². The van der Waals surface area contributed by atoms with Crippen LogP contribution in [0.2, 0.25) is 0 Å². The van der Waals surface area contributed by atoms with Gasteiger partial charge in [0, 0.05) is 6.54 Å². The number of likely N-dealkylation sites (N-methyl/N-ethyl adjacent to an activating group) is 1. The number of rotatable bonds is 6. The first-order valence-corrected chi connectivity index (χ1v) is 8.74. The van der Waals surface area contributed by atoms with Crippen molar-refractivity contribution < 1.29 is 14.6 Å². The van der Waals surface area contributed by atoms with Gasteiger partial charge in [-0.25, -0.2) is 0 Å². The zero-order chi connectivity index (χ0) is 19.6. The summed E-state index contributed by atoms with van der Waals surface area (Å²) in [6, 6.07) is 9.06. The van der Waals surface area contributed by atoms with E-state index in [0.29, 0.717) is 17.9 Å². The Morgan fingerprint density at radius 2 is 2.00 bits per heavy atom. The third kappa shape index (κ3) is 3.17. The SMILES string of the molecule is C=CC1(Cc2ccc(OC)c(N=O)c2)c2cc(O)c(OC)cc2CCN1C. The molecule has 0 aliphatic carbocycles. The molecule has 0 bridgehead atoms. The zero-order valence-electron chi connectivity index (χ0n) is 15.9. The van der Waals surface area contributed by atoms with E-state index in [4.69, 9.17) is 9.47 Å². The highest BCUT2D eigenvalue weighted by molar-refractivity contribution is 5.55. The molecule has 6 nitrogen and oxygen atoms in total. The first kappa shape index (κ1) is 18.9. The molecule has 1 atom stereocenters. The van der Waals surface area contributed by atoms with Gasteiger partial charge in [0.15, 0.2) is 11.5 Å². The maximum absolute atomic E-state index is 11.2. The number of aromatic hydroxyl groups is 1. The first-order chi connectivity index (χ1) is 13.0. The maximum atomic E-state index is 11.2. The molecule has 6 heteroatoms. The Morgan fingerprint density at radius 3 is 2.63 bits per heavy atom. The molecule has 1 aliphatic heterocycles. The molecule has 0 spiro atoms. The molecule has 1 heterocycles. The minimum absolute atomic E-state index is 0.0998. The van der Waals surface area contributed by atoms with Crippen molar-refractivity contribution in [1.29, 1.82) is 0 Å². The van der Waals surface area contributed by atoms with Gasteiger partial charge in [-0.1, -0.05) is 12.1 Å². The second-order valence-corrected chi connectivity index (χ2v) is 6.76. The Morgan fingerprint density at radius 1 is 1.26 bits per heavy atom. The van der Waals surface area contributed by atoms with E-state index in [1.807, 2.05) is 25.3 Å². The molecule has 2 aromatic rings. The second-order valence-electron chi connectivity index (χ2n) is 6.76. The van der Waals surface area contributed by atoms with Crippen LogP contribution in [0.5, 0.6) is 17.2 Å². The Hall–Kier alpha value is -2.86. The number of fused-ring (bicyclic) bond motifs is 1. The van der Waals surface area contributed by atoms with E-state index in [1.165, 1.54) is 7.11 Å². The Kier molecular flexibility index (Phi) is 5.19. The van der Waals surface area contributed by atoms with Crippen LogP contribution in [0.1, 0.15) is 16.7 Å². The number of hydrogen-bond donors (Lipinski definition) is 1. The van der Waals surface area contributed by atoms with Crippen LogP contribution in [0.15, 0.2) is 48.2 Å².